The second kappa shape index (κ2) is 9.60. The molecule has 188 valence electrons. The summed E-state index contributed by atoms with van der Waals surface area (Å²) in [5, 5.41) is 17.9. The molecule has 0 bridgehead atoms. The van der Waals surface area contributed by atoms with Crippen LogP contribution in [0.4, 0.5) is 0 Å². The molecule has 1 aliphatic heterocycles. The Hall–Kier alpha value is -3.95. The zero-order valence-electron chi connectivity index (χ0n) is 20.4. The third-order valence-electron chi connectivity index (χ3n) is 6.61. The molecule has 4 heterocycles. The zero-order valence-corrected chi connectivity index (χ0v) is 20.4. The van der Waals surface area contributed by atoms with Gasteiger partial charge in [0.2, 0.25) is 11.8 Å². The monoisotopic (exact) mass is 490 g/mol. The standard InChI is InChI=1S/C26H30N6O4/c1-16(2)15-31-24-18(7-10-21(33)30-12-4-6-20(30)17-5-3-11-27-13-17)14-28-32(24)26(36)22(25(31)35)23(34)29-19-8-9-19/h3,5,7,10-11,13-14,16,19-20,36H,4,6,8-9,12,15H2,1-2H3,(H,29,34). The van der Waals surface area contributed by atoms with Gasteiger partial charge in [-0.1, -0.05) is 19.9 Å². The van der Waals surface area contributed by atoms with Crippen molar-refractivity contribution < 1.29 is 14.7 Å². The van der Waals surface area contributed by atoms with E-state index < -0.39 is 17.3 Å². The number of aromatic hydroxyl groups is 1. The lowest BCUT2D eigenvalue weighted by Crippen LogP contribution is -2.36. The number of nitrogens with one attached hydrogen (secondary N) is 1. The van der Waals surface area contributed by atoms with Gasteiger partial charge < -0.3 is 15.3 Å². The fraction of sp³-hybridized carbons (Fsp3) is 0.423. The molecule has 10 heteroatoms. The van der Waals surface area contributed by atoms with Gasteiger partial charge in [0.1, 0.15) is 5.65 Å². The molecule has 0 aromatic carbocycles. The van der Waals surface area contributed by atoms with Gasteiger partial charge >= 0.3 is 0 Å². The predicted molar refractivity (Wildman–Crippen MR) is 133 cm³/mol. The highest BCUT2D eigenvalue weighted by Crippen LogP contribution is 2.32. The number of pyridine rings is 1. The van der Waals surface area contributed by atoms with Crippen molar-refractivity contribution in [3.05, 3.63) is 63.8 Å². The molecule has 1 saturated heterocycles. The molecule has 1 saturated carbocycles. The van der Waals surface area contributed by atoms with Gasteiger partial charge in [-0.25, -0.2) is 0 Å². The smallest absolute Gasteiger partial charge is 0.270 e. The van der Waals surface area contributed by atoms with Gasteiger partial charge in [-0.2, -0.15) is 9.61 Å². The van der Waals surface area contributed by atoms with E-state index in [0.717, 1.165) is 31.2 Å². The number of likely N-dealkylation sites (tertiary alicyclic amines) is 1. The minimum atomic E-state index is -0.599. The van der Waals surface area contributed by atoms with Crippen LogP contribution in [0.3, 0.4) is 0 Å². The van der Waals surface area contributed by atoms with Crippen molar-refractivity contribution in [3.8, 4) is 5.88 Å². The van der Waals surface area contributed by atoms with Gasteiger partial charge in [0.25, 0.3) is 11.5 Å². The zero-order chi connectivity index (χ0) is 25.4. The number of hydrogen-bond donors (Lipinski definition) is 2. The molecule has 3 aromatic rings. The molecule has 0 radical (unpaired) electrons. The lowest BCUT2D eigenvalue weighted by atomic mass is 10.1. The van der Waals surface area contributed by atoms with Gasteiger partial charge in [-0.05, 0) is 49.3 Å². The summed E-state index contributed by atoms with van der Waals surface area (Å²) in [6, 6.07) is 3.84. The molecular formula is C26H30N6O4. The Bertz CT molecular complexity index is 1390. The van der Waals surface area contributed by atoms with E-state index in [1.54, 1.807) is 18.5 Å². The maximum absolute atomic E-state index is 13.4. The van der Waals surface area contributed by atoms with Crippen LogP contribution in [0.1, 0.15) is 67.1 Å². The van der Waals surface area contributed by atoms with Crippen molar-refractivity contribution in [2.45, 2.75) is 58.2 Å². The normalized spacial score (nSPS) is 18.0. The third kappa shape index (κ3) is 4.50. The van der Waals surface area contributed by atoms with E-state index in [-0.39, 0.29) is 29.5 Å². The molecule has 10 nitrogen and oxygen atoms in total. The predicted octanol–water partition coefficient (Wildman–Crippen LogP) is 2.52. The second-order valence-corrected chi connectivity index (χ2v) is 9.90. The Balaban J connectivity index is 1.50. The minimum Gasteiger partial charge on any atom is -0.492 e. The second-order valence-electron chi connectivity index (χ2n) is 9.90. The molecule has 2 fully saturated rings. The maximum Gasteiger partial charge on any atom is 0.270 e. The summed E-state index contributed by atoms with van der Waals surface area (Å²) < 4.78 is 2.65. The number of carbonyl (C=O) groups is 2. The summed E-state index contributed by atoms with van der Waals surface area (Å²) in [7, 11) is 0. The largest absolute Gasteiger partial charge is 0.492 e. The summed E-state index contributed by atoms with van der Waals surface area (Å²) in [4.78, 5) is 45.2. The number of fused-ring (bicyclic) bond motifs is 1. The fourth-order valence-corrected chi connectivity index (χ4v) is 4.76. The van der Waals surface area contributed by atoms with Crippen molar-refractivity contribution in [1.82, 2.24) is 29.4 Å². The van der Waals surface area contributed by atoms with Gasteiger partial charge in [-0.3, -0.25) is 23.9 Å². The number of hydrogen-bond acceptors (Lipinski definition) is 6. The maximum atomic E-state index is 13.4. The Kier molecular flexibility index (Phi) is 6.34. The number of nitrogens with zero attached hydrogens (tertiary/aromatic N) is 5. The summed E-state index contributed by atoms with van der Waals surface area (Å²) in [5.41, 5.74) is 0.942. The average molecular weight is 491 g/mol. The van der Waals surface area contributed by atoms with E-state index in [2.05, 4.69) is 15.4 Å². The number of rotatable bonds is 7. The van der Waals surface area contributed by atoms with Crippen LogP contribution in [-0.2, 0) is 11.3 Å². The van der Waals surface area contributed by atoms with Gasteiger partial charge in [0.05, 0.1) is 12.2 Å². The molecule has 1 unspecified atom stereocenters. The molecule has 1 aliphatic carbocycles. The average Bonchev–Trinajstić information content (AvgIpc) is 3.36. The van der Waals surface area contributed by atoms with Gasteiger partial charge in [-0.15, -0.1) is 0 Å². The van der Waals surface area contributed by atoms with Crippen LogP contribution in [-0.4, -0.2) is 53.6 Å². The first-order chi connectivity index (χ1) is 17.3. The summed E-state index contributed by atoms with van der Waals surface area (Å²) in [5.74, 6) is -1.16. The van der Waals surface area contributed by atoms with Crippen LogP contribution in [0.2, 0.25) is 0 Å². The quantitative estimate of drug-likeness (QED) is 0.491. The number of carbonyl (C=O) groups excluding carboxylic acids is 2. The number of aromatic nitrogens is 4. The third-order valence-corrected chi connectivity index (χ3v) is 6.61. The first-order valence-corrected chi connectivity index (χ1v) is 12.4. The highest BCUT2D eigenvalue weighted by atomic mass is 16.3. The van der Waals surface area contributed by atoms with Crippen LogP contribution >= 0.6 is 0 Å². The molecule has 1 atom stereocenters. The van der Waals surface area contributed by atoms with E-state index in [1.165, 1.54) is 21.4 Å². The highest BCUT2D eigenvalue weighted by molar-refractivity contribution is 5.97. The van der Waals surface area contributed by atoms with Crippen molar-refractivity contribution >= 4 is 23.5 Å². The topological polar surface area (TPSA) is 122 Å². The van der Waals surface area contributed by atoms with Crippen LogP contribution in [0.15, 0.2) is 41.6 Å². The van der Waals surface area contributed by atoms with E-state index >= 15 is 0 Å². The summed E-state index contributed by atoms with van der Waals surface area (Å²) in [6.45, 7) is 4.89. The van der Waals surface area contributed by atoms with E-state index in [4.69, 9.17) is 0 Å². The van der Waals surface area contributed by atoms with Crippen LogP contribution < -0.4 is 10.9 Å². The lowest BCUT2D eigenvalue weighted by Gasteiger charge is -2.23. The first kappa shape index (κ1) is 23.8. The van der Waals surface area contributed by atoms with E-state index in [1.807, 2.05) is 30.9 Å². The van der Waals surface area contributed by atoms with Crippen molar-refractivity contribution in [1.29, 1.82) is 0 Å². The molecular weight excluding hydrogens is 460 g/mol. The van der Waals surface area contributed by atoms with E-state index in [0.29, 0.717) is 24.3 Å². The van der Waals surface area contributed by atoms with Crippen molar-refractivity contribution in [2.75, 3.05) is 6.54 Å². The van der Waals surface area contributed by atoms with Gasteiger partial charge in [0.15, 0.2) is 5.56 Å². The summed E-state index contributed by atoms with van der Waals surface area (Å²) in [6.07, 6.45) is 11.6. The van der Waals surface area contributed by atoms with E-state index in [9.17, 15) is 19.5 Å². The molecule has 36 heavy (non-hydrogen) atoms. The fourth-order valence-electron chi connectivity index (χ4n) is 4.76. The first-order valence-electron chi connectivity index (χ1n) is 12.4. The summed E-state index contributed by atoms with van der Waals surface area (Å²) >= 11 is 0. The highest BCUT2D eigenvalue weighted by Gasteiger charge is 2.31. The Morgan fingerprint density at radius 3 is 2.75 bits per heavy atom. The molecule has 3 aromatic heterocycles. The van der Waals surface area contributed by atoms with Crippen molar-refractivity contribution in [2.24, 2.45) is 5.92 Å². The molecule has 5 rings (SSSR count). The van der Waals surface area contributed by atoms with Crippen molar-refractivity contribution in [3.63, 3.8) is 0 Å². The Morgan fingerprint density at radius 2 is 2.06 bits per heavy atom. The SMILES string of the molecule is CC(C)Cn1c(=O)c(C(=O)NC2CC2)c(O)n2ncc(C=CC(=O)N3CCCC3c3cccnc3)c12. The number of amides is 2. The Morgan fingerprint density at radius 1 is 1.25 bits per heavy atom. The minimum absolute atomic E-state index is 0.0320. The van der Waals surface area contributed by atoms with Crippen LogP contribution in [0.5, 0.6) is 5.88 Å². The molecule has 0 spiro atoms. The van der Waals surface area contributed by atoms with Crippen LogP contribution in [0.25, 0.3) is 11.7 Å². The van der Waals surface area contributed by atoms with Gasteiger partial charge in [0, 0.05) is 43.2 Å². The Labute approximate surface area is 208 Å². The molecule has 2 amide bonds. The lowest BCUT2D eigenvalue weighted by molar-refractivity contribution is -0.126. The van der Waals surface area contributed by atoms with Crippen LogP contribution in [0, 0.1) is 5.92 Å². The molecule has 2 aliphatic rings. The molecule has 2 N–H and O–H groups in total.